The van der Waals surface area contributed by atoms with Crippen LogP contribution >= 0.6 is 0 Å². The molecule has 1 aliphatic rings. The van der Waals surface area contributed by atoms with Gasteiger partial charge in [0.25, 0.3) is 0 Å². The number of rotatable bonds is 4. The van der Waals surface area contributed by atoms with Crippen molar-refractivity contribution in [2.45, 2.75) is 6.42 Å². The predicted octanol–water partition coefficient (Wildman–Crippen LogP) is 3.12. The molecule has 1 fully saturated rings. The van der Waals surface area contributed by atoms with Gasteiger partial charge in [0.15, 0.2) is 5.84 Å². The minimum atomic E-state index is -0.114. The zero-order valence-corrected chi connectivity index (χ0v) is 15.7. The first kappa shape index (κ1) is 18.6. The summed E-state index contributed by atoms with van der Waals surface area (Å²) in [5, 5.41) is 5.72. The molecule has 1 heterocycles. The largest absolute Gasteiger partial charge is 0.368 e. The van der Waals surface area contributed by atoms with Crippen LogP contribution in [0.4, 0.5) is 10.5 Å². The molecule has 6 heteroatoms. The second-order valence-electron chi connectivity index (χ2n) is 6.45. The SMILES string of the molecule is C=NC(Cc1ccccc1)=NN(C)C(=O)N1CCN(c2ccccc2)CC1. The molecule has 3 rings (SSSR count). The summed E-state index contributed by atoms with van der Waals surface area (Å²) in [6.07, 6.45) is 0.545. The van der Waals surface area contributed by atoms with Crippen molar-refractivity contribution < 1.29 is 4.79 Å². The molecule has 0 aliphatic carbocycles. The number of hydrogen-bond acceptors (Lipinski definition) is 3. The van der Waals surface area contributed by atoms with Gasteiger partial charge in [-0.15, -0.1) is 0 Å². The first-order valence-corrected chi connectivity index (χ1v) is 9.08. The van der Waals surface area contributed by atoms with Crippen molar-refractivity contribution in [2.75, 3.05) is 38.1 Å². The van der Waals surface area contributed by atoms with Gasteiger partial charge in [-0.05, 0) is 24.4 Å². The number of anilines is 1. The minimum Gasteiger partial charge on any atom is -0.368 e. The number of hydrogen-bond donors (Lipinski definition) is 0. The number of amidine groups is 1. The molecular weight excluding hydrogens is 338 g/mol. The average Bonchev–Trinajstić information content (AvgIpc) is 2.74. The van der Waals surface area contributed by atoms with Crippen LogP contribution in [0, 0.1) is 0 Å². The smallest absolute Gasteiger partial charge is 0.340 e. The first-order valence-electron chi connectivity index (χ1n) is 9.08. The second kappa shape index (κ2) is 8.98. The highest BCUT2D eigenvalue weighted by atomic mass is 16.2. The summed E-state index contributed by atoms with van der Waals surface area (Å²) < 4.78 is 0. The van der Waals surface area contributed by atoms with Crippen molar-refractivity contribution in [3.05, 3.63) is 66.2 Å². The number of amides is 2. The fraction of sp³-hybridized carbons (Fsp3) is 0.286. The van der Waals surface area contributed by atoms with Crippen molar-refractivity contribution in [2.24, 2.45) is 10.1 Å². The summed E-state index contributed by atoms with van der Waals surface area (Å²) in [5.41, 5.74) is 2.28. The quantitative estimate of drug-likeness (QED) is 0.476. The lowest BCUT2D eigenvalue weighted by Crippen LogP contribution is -2.51. The molecule has 0 radical (unpaired) electrons. The Hall–Kier alpha value is -3.15. The summed E-state index contributed by atoms with van der Waals surface area (Å²) in [6, 6.07) is 20.1. The van der Waals surface area contributed by atoms with E-state index in [0.29, 0.717) is 25.3 Å². The molecule has 27 heavy (non-hydrogen) atoms. The summed E-state index contributed by atoms with van der Waals surface area (Å²) in [4.78, 5) is 20.8. The molecule has 2 amide bonds. The Labute approximate surface area is 160 Å². The Morgan fingerprint density at radius 1 is 1.00 bits per heavy atom. The van der Waals surface area contributed by atoms with Crippen LogP contribution in [0.25, 0.3) is 0 Å². The number of carbonyl (C=O) groups excluding carboxylic acids is 1. The average molecular weight is 363 g/mol. The Balaban J connectivity index is 1.57. The van der Waals surface area contributed by atoms with Crippen molar-refractivity contribution in [1.82, 2.24) is 9.91 Å². The van der Waals surface area contributed by atoms with Crippen LogP contribution in [-0.4, -0.2) is 61.7 Å². The number of para-hydroxylation sites is 1. The van der Waals surface area contributed by atoms with Gasteiger partial charge in [-0.3, -0.25) is 0 Å². The molecule has 2 aromatic rings. The van der Waals surface area contributed by atoms with E-state index in [1.165, 1.54) is 10.7 Å². The highest BCUT2D eigenvalue weighted by Gasteiger charge is 2.23. The molecule has 0 atom stereocenters. The highest BCUT2D eigenvalue weighted by molar-refractivity contribution is 5.89. The molecule has 0 spiro atoms. The maximum atomic E-state index is 12.7. The molecule has 1 saturated heterocycles. The van der Waals surface area contributed by atoms with E-state index in [1.807, 2.05) is 53.4 Å². The van der Waals surface area contributed by atoms with Crippen LogP contribution in [0.3, 0.4) is 0 Å². The van der Waals surface area contributed by atoms with Crippen LogP contribution in [0.15, 0.2) is 70.8 Å². The second-order valence-corrected chi connectivity index (χ2v) is 6.45. The third-order valence-electron chi connectivity index (χ3n) is 4.60. The van der Waals surface area contributed by atoms with E-state index in [-0.39, 0.29) is 6.03 Å². The molecule has 6 nitrogen and oxygen atoms in total. The molecule has 1 aliphatic heterocycles. The van der Waals surface area contributed by atoms with E-state index in [1.54, 1.807) is 7.05 Å². The van der Waals surface area contributed by atoms with Crippen LogP contribution in [0.1, 0.15) is 5.56 Å². The molecule has 140 valence electrons. The molecule has 0 aromatic heterocycles. The molecule has 2 aromatic carbocycles. The van der Waals surface area contributed by atoms with E-state index in [0.717, 1.165) is 18.7 Å². The lowest BCUT2D eigenvalue weighted by Gasteiger charge is -2.36. The maximum Gasteiger partial charge on any atom is 0.340 e. The topological polar surface area (TPSA) is 51.5 Å². The first-order chi connectivity index (χ1) is 13.2. The molecule has 0 unspecified atom stereocenters. The highest BCUT2D eigenvalue weighted by Crippen LogP contribution is 2.16. The van der Waals surface area contributed by atoms with Crippen LogP contribution in [-0.2, 0) is 6.42 Å². The molecular formula is C21H25N5O. The van der Waals surface area contributed by atoms with Gasteiger partial charge in [-0.1, -0.05) is 48.5 Å². The van der Waals surface area contributed by atoms with Gasteiger partial charge in [0.2, 0.25) is 0 Å². The number of nitrogens with zero attached hydrogens (tertiary/aromatic N) is 5. The van der Waals surface area contributed by atoms with E-state index in [2.05, 4.69) is 33.8 Å². The van der Waals surface area contributed by atoms with Crippen LogP contribution in [0.2, 0.25) is 0 Å². The normalized spacial score (nSPS) is 14.8. The van der Waals surface area contributed by atoms with Gasteiger partial charge >= 0.3 is 6.03 Å². The van der Waals surface area contributed by atoms with Gasteiger partial charge in [0.1, 0.15) is 0 Å². The van der Waals surface area contributed by atoms with E-state index >= 15 is 0 Å². The third kappa shape index (κ3) is 4.94. The Kier molecular flexibility index (Phi) is 6.20. The Morgan fingerprint density at radius 3 is 2.19 bits per heavy atom. The van der Waals surface area contributed by atoms with Gasteiger partial charge < -0.3 is 9.80 Å². The van der Waals surface area contributed by atoms with Crippen molar-refractivity contribution in [3.8, 4) is 0 Å². The molecule has 0 saturated carbocycles. The molecule has 0 bridgehead atoms. The maximum absolute atomic E-state index is 12.7. The lowest BCUT2D eigenvalue weighted by molar-refractivity contribution is 0.161. The third-order valence-corrected chi connectivity index (χ3v) is 4.60. The van der Waals surface area contributed by atoms with Crippen molar-refractivity contribution >= 4 is 24.3 Å². The zero-order chi connectivity index (χ0) is 19.1. The standard InChI is InChI=1S/C21H25N5O/c1-22-20(17-18-9-5-3-6-10-18)23-24(2)21(27)26-15-13-25(14-16-26)19-11-7-4-8-12-19/h3-12H,1,13-17H2,2H3. The summed E-state index contributed by atoms with van der Waals surface area (Å²) >= 11 is 0. The van der Waals surface area contributed by atoms with Gasteiger partial charge in [-0.25, -0.2) is 14.8 Å². The molecule has 0 N–H and O–H groups in total. The Bertz CT molecular complexity index is 783. The summed E-state index contributed by atoms with van der Waals surface area (Å²) in [5.74, 6) is 0.528. The predicted molar refractivity (Wildman–Crippen MR) is 111 cm³/mol. The van der Waals surface area contributed by atoms with Gasteiger partial charge in [0, 0.05) is 45.3 Å². The number of aliphatic imine (C=N–C) groups is 1. The number of piperazine rings is 1. The summed E-state index contributed by atoms with van der Waals surface area (Å²) in [7, 11) is 1.67. The fourth-order valence-corrected chi connectivity index (χ4v) is 3.12. The van der Waals surface area contributed by atoms with Crippen molar-refractivity contribution in [1.29, 1.82) is 0 Å². The van der Waals surface area contributed by atoms with Crippen LogP contribution < -0.4 is 4.90 Å². The van der Waals surface area contributed by atoms with Crippen molar-refractivity contribution in [3.63, 3.8) is 0 Å². The minimum absolute atomic E-state index is 0.114. The number of urea groups is 1. The zero-order valence-electron chi connectivity index (χ0n) is 15.7. The summed E-state index contributed by atoms with van der Waals surface area (Å²) in [6.45, 7) is 6.54. The van der Waals surface area contributed by atoms with E-state index in [9.17, 15) is 4.79 Å². The van der Waals surface area contributed by atoms with Crippen LogP contribution in [0.5, 0.6) is 0 Å². The van der Waals surface area contributed by atoms with Gasteiger partial charge in [0.05, 0.1) is 0 Å². The fourth-order valence-electron chi connectivity index (χ4n) is 3.12. The number of hydrazone groups is 1. The monoisotopic (exact) mass is 363 g/mol. The Morgan fingerprint density at radius 2 is 1.59 bits per heavy atom. The van der Waals surface area contributed by atoms with E-state index in [4.69, 9.17) is 0 Å². The number of carbonyl (C=O) groups is 1. The van der Waals surface area contributed by atoms with Gasteiger partial charge in [-0.2, -0.15) is 5.10 Å². The number of benzene rings is 2. The van der Waals surface area contributed by atoms with E-state index < -0.39 is 0 Å². The lowest BCUT2D eigenvalue weighted by atomic mass is 10.1.